The fourth-order valence-corrected chi connectivity index (χ4v) is 2.72. The van der Waals surface area contributed by atoms with Crippen molar-refractivity contribution in [3.63, 3.8) is 0 Å². The number of benzene rings is 1. The van der Waals surface area contributed by atoms with Crippen molar-refractivity contribution >= 4 is 21.7 Å². The van der Waals surface area contributed by atoms with Gasteiger partial charge in [0.1, 0.15) is 5.75 Å². The molecular formula is C15H18BrF3O2. The topological polar surface area (TPSA) is 26.3 Å². The van der Waals surface area contributed by atoms with Crippen LogP contribution < -0.4 is 4.74 Å². The van der Waals surface area contributed by atoms with Gasteiger partial charge in [0, 0.05) is 5.41 Å². The van der Waals surface area contributed by atoms with Gasteiger partial charge in [-0.25, -0.2) is 0 Å². The zero-order valence-electron chi connectivity index (χ0n) is 12.1. The number of Topliss-reactive ketones (excluding diaryl/α,β-unsaturated/α-hetero) is 1. The normalized spacial score (nSPS) is 13.9. The lowest BCUT2D eigenvalue weighted by molar-refractivity contribution is -0.153. The molecule has 2 nitrogen and oxygen atoms in total. The first-order valence-electron chi connectivity index (χ1n) is 6.46. The highest BCUT2D eigenvalue weighted by Crippen LogP contribution is 2.24. The summed E-state index contributed by atoms with van der Waals surface area (Å²) in [5.41, 5.74) is 0.415. The number of carbonyl (C=O) groups is 1. The third-order valence-corrected chi connectivity index (χ3v) is 3.50. The third-order valence-electron chi connectivity index (χ3n) is 2.76. The maximum atomic E-state index is 12.1. The predicted molar refractivity (Wildman–Crippen MR) is 78.9 cm³/mol. The minimum atomic E-state index is -4.35. The number of halogens is 4. The van der Waals surface area contributed by atoms with E-state index in [9.17, 15) is 18.0 Å². The van der Waals surface area contributed by atoms with Gasteiger partial charge in [0.15, 0.2) is 12.4 Å². The van der Waals surface area contributed by atoms with Crippen LogP contribution in [0.15, 0.2) is 24.3 Å². The summed E-state index contributed by atoms with van der Waals surface area (Å²) in [5.74, 6) is 0.240. The Balaban J connectivity index is 2.61. The molecule has 0 spiro atoms. The van der Waals surface area contributed by atoms with Crippen molar-refractivity contribution in [1.82, 2.24) is 0 Å². The molecule has 1 rings (SSSR count). The van der Waals surface area contributed by atoms with Crippen LogP contribution in [0.1, 0.15) is 26.3 Å². The molecule has 0 N–H and O–H groups in total. The van der Waals surface area contributed by atoms with Crippen molar-refractivity contribution in [2.75, 3.05) is 6.61 Å². The van der Waals surface area contributed by atoms with E-state index in [1.54, 1.807) is 12.1 Å². The van der Waals surface area contributed by atoms with Gasteiger partial charge in [-0.1, -0.05) is 48.8 Å². The van der Waals surface area contributed by atoms with Gasteiger partial charge >= 0.3 is 6.18 Å². The standard InChI is InChI=1S/C15H18BrF3O2/c1-14(2,3)13(20)12(16)8-10-4-6-11(7-5-10)21-9-15(17,18)19/h4-7,12H,8-9H2,1-3H3. The van der Waals surface area contributed by atoms with Gasteiger partial charge in [0.05, 0.1) is 4.83 Å². The summed E-state index contributed by atoms with van der Waals surface area (Å²) in [6.45, 7) is 4.23. The van der Waals surface area contributed by atoms with Gasteiger partial charge in [-0.05, 0) is 24.1 Å². The molecule has 0 aromatic heterocycles. The van der Waals surface area contributed by atoms with Crippen molar-refractivity contribution < 1.29 is 22.7 Å². The molecule has 0 amide bonds. The Kier molecular flexibility index (Phi) is 5.84. The SMILES string of the molecule is CC(C)(C)C(=O)C(Br)Cc1ccc(OCC(F)(F)F)cc1. The molecule has 0 aliphatic heterocycles. The van der Waals surface area contributed by atoms with Gasteiger partial charge in [-0.3, -0.25) is 4.79 Å². The highest BCUT2D eigenvalue weighted by molar-refractivity contribution is 9.10. The summed E-state index contributed by atoms with van der Waals surface area (Å²) in [7, 11) is 0. The largest absolute Gasteiger partial charge is 0.484 e. The minimum Gasteiger partial charge on any atom is -0.484 e. The molecule has 0 heterocycles. The van der Waals surface area contributed by atoms with E-state index in [-0.39, 0.29) is 16.4 Å². The maximum Gasteiger partial charge on any atom is 0.422 e. The summed E-state index contributed by atoms with van der Waals surface area (Å²) in [4.78, 5) is 11.7. The second-order valence-corrected chi connectivity index (χ2v) is 6.94. The van der Waals surface area contributed by atoms with Crippen LogP contribution in [-0.2, 0) is 11.2 Å². The maximum absolute atomic E-state index is 12.1. The molecule has 0 radical (unpaired) electrons. The lowest BCUT2D eigenvalue weighted by Gasteiger charge is -2.20. The molecule has 21 heavy (non-hydrogen) atoms. The van der Waals surface area contributed by atoms with Crippen LogP contribution in [0.3, 0.4) is 0 Å². The van der Waals surface area contributed by atoms with Crippen LogP contribution in [0.2, 0.25) is 0 Å². The highest BCUT2D eigenvalue weighted by atomic mass is 79.9. The van der Waals surface area contributed by atoms with E-state index in [0.717, 1.165) is 5.56 Å². The van der Waals surface area contributed by atoms with Crippen LogP contribution >= 0.6 is 15.9 Å². The van der Waals surface area contributed by atoms with Crippen LogP contribution in [0.4, 0.5) is 13.2 Å². The molecule has 1 aromatic carbocycles. The van der Waals surface area contributed by atoms with E-state index in [1.807, 2.05) is 20.8 Å². The van der Waals surface area contributed by atoms with Gasteiger partial charge in [0.25, 0.3) is 0 Å². The zero-order chi connectivity index (χ0) is 16.3. The van der Waals surface area contributed by atoms with Gasteiger partial charge < -0.3 is 4.74 Å². The van der Waals surface area contributed by atoms with Gasteiger partial charge in [-0.15, -0.1) is 0 Å². The Morgan fingerprint density at radius 3 is 2.14 bits per heavy atom. The predicted octanol–water partition coefficient (Wildman–Crippen LogP) is 4.55. The van der Waals surface area contributed by atoms with Crippen molar-refractivity contribution in [3.05, 3.63) is 29.8 Å². The quantitative estimate of drug-likeness (QED) is 0.714. The van der Waals surface area contributed by atoms with Crippen molar-refractivity contribution in [2.45, 2.75) is 38.2 Å². The molecular weight excluding hydrogens is 349 g/mol. The number of hydrogen-bond acceptors (Lipinski definition) is 2. The van der Waals surface area contributed by atoms with Crippen molar-refractivity contribution in [3.8, 4) is 5.75 Å². The first kappa shape index (κ1) is 18.0. The third kappa shape index (κ3) is 6.50. The van der Waals surface area contributed by atoms with E-state index in [0.29, 0.717) is 6.42 Å². The van der Waals surface area contributed by atoms with E-state index in [2.05, 4.69) is 20.7 Å². The van der Waals surface area contributed by atoms with Crippen LogP contribution in [0.25, 0.3) is 0 Å². The zero-order valence-corrected chi connectivity index (χ0v) is 13.7. The number of rotatable bonds is 5. The van der Waals surface area contributed by atoms with Gasteiger partial charge in [-0.2, -0.15) is 13.2 Å². The summed E-state index contributed by atoms with van der Waals surface area (Å²) < 4.78 is 40.7. The van der Waals surface area contributed by atoms with Crippen molar-refractivity contribution in [2.24, 2.45) is 5.41 Å². The molecule has 1 atom stereocenters. The Labute approximate surface area is 130 Å². The summed E-state index contributed by atoms with van der Waals surface area (Å²) in [6, 6.07) is 6.27. The fraction of sp³-hybridized carbons (Fsp3) is 0.533. The summed E-state index contributed by atoms with van der Waals surface area (Å²) in [6.07, 6.45) is -3.87. The van der Waals surface area contributed by atoms with Crippen molar-refractivity contribution in [1.29, 1.82) is 0 Å². The highest BCUT2D eigenvalue weighted by Gasteiger charge is 2.29. The second-order valence-electron chi connectivity index (χ2n) is 5.83. The fourth-order valence-electron chi connectivity index (χ4n) is 1.66. The molecule has 0 saturated carbocycles. The van der Waals surface area contributed by atoms with E-state index in [1.165, 1.54) is 12.1 Å². The number of carbonyl (C=O) groups excluding carboxylic acids is 1. The van der Waals surface area contributed by atoms with E-state index >= 15 is 0 Å². The van der Waals surface area contributed by atoms with Crippen LogP contribution in [-0.4, -0.2) is 23.4 Å². The Hall–Kier alpha value is -1.04. The molecule has 0 saturated heterocycles. The van der Waals surface area contributed by atoms with Gasteiger partial charge in [0.2, 0.25) is 0 Å². The van der Waals surface area contributed by atoms with E-state index < -0.39 is 18.2 Å². The average molecular weight is 367 g/mol. The molecule has 0 fully saturated rings. The van der Waals surface area contributed by atoms with Crippen LogP contribution in [0, 0.1) is 5.41 Å². The lowest BCUT2D eigenvalue weighted by Crippen LogP contribution is -2.29. The molecule has 1 unspecified atom stereocenters. The number of hydrogen-bond donors (Lipinski definition) is 0. The minimum absolute atomic E-state index is 0.0832. The average Bonchev–Trinajstić information content (AvgIpc) is 2.35. The Morgan fingerprint density at radius 2 is 1.71 bits per heavy atom. The Morgan fingerprint density at radius 1 is 1.19 bits per heavy atom. The number of alkyl halides is 4. The smallest absolute Gasteiger partial charge is 0.422 e. The molecule has 118 valence electrons. The monoisotopic (exact) mass is 366 g/mol. The number of ether oxygens (including phenoxy) is 1. The molecule has 6 heteroatoms. The van der Waals surface area contributed by atoms with E-state index in [4.69, 9.17) is 0 Å². The summed E-state index contributed by atoms with van der Waals surface area (Å²) >= 11 is 3.36. The first-order valence-corrected chi connectivity index (χ1v) is 7.37. The Bertz CT molecular complexity index is 475. The number of ketones is 1. The summed E-state index contributed by atoms with van der Waals surface area (Å²) in [5, 5.41) is 0. The lowest BCUT2D eigenvalue weighted by atomic mass is 9.87. The first-order chi connectivity index (χ1) is 9.49. The molecule has 0 aliphatic carbocycles. The molecule has 1 aromatic rings. The molecule has 0 aliphatic rings. The second kappa shape index (κ2) is 6.81. The van der Waals surface area contributed by atoms with Crippen LogP contribution in [0.5, 0.6) is 5.75 Å². The molecule has 0 bridgehead atoms.